The molecule has 0 aromatic heterocycles. The molecule has 112 valence electrons. The zero-order valence-corrected chi connectivity index (χ0v) is 12.6. The van der Waals surface area contributed by atoms with Crippen molar-refractivity contribution in [1.82, 2.24) is 5.43 Å². The number of urea groups is 1. The molecule has 1 atom stereocenters. The lowest BCUT2D eigenvalue weighted by Crippen LogP contribution is -2.43. The van der Waals surface area contributed by atoms with Crippen LogP contribution >= 0.6 is 24.0 Å². The number of phenols is 1. The summed E-state index contributed by atoms with van der Waals surface area (Å²) in [7, 11) is 0. The molecule has 0 spiro atoms. The third-order valence-corrected chi connectivity index (χ3v) is 4.07. The smallest absolute Gasteiger partial charge is 0.336 e. The molecule has 5 nitrogen and oxygen atoms in total. The lowest BCUT2D eigenvalue weighted by Gasteiger charge is -2.17. The first-order valence-electron chi connectivity index (χ1n) is 6.26. The van der Waals surface area contributed by atoms with Gasteiger partial charge in [-0.05, 0) is 10.9 Å². The Kier molecular flexibility index (Phi) is 4.46. The molecule has 2 aromatic carbocycles. The maximum absolute atomic E-state index is 11.9. The Hall–Kier alpha value is -1.69. The van der Waals surface area contributed by atoms with E-state index in [4.69, 9.17) is 17.4 Å². The van der Waals surface area contributed by atoms with Crippen molar-refractivity contribution in [2.75, 3.05) is 17.3 Å². The van der Waals surface area contributed by atoms with Crippen LogP contribution in [-0.4, -0.2) is 23.6 Å². The summed E-state index contributed by atoms with van der Waals surface area (Å²) in [6, 6.07) is 8.73. The van der Waals surface area contributed by atoms with Crippen molar-refractivity contribution in [2.45, 2.75) is 5.92 Å². The molecule has 2 amide bonds. The van der Waals surface area contributed by atoms with Gasteiger partial charge in [-0.15, -0.1) is 24.0 Å². The molecule has 1 aliphatic heterocycles. The van der Waals surface area contributed by atoms with Gasteiger partial charge in [0, 0.05) is 29.8 Å². The number of hydrogen-bond donors (Lipinski definition) is 3. The minimum atomic E-state index is -0.409. The van der Waals surface area contributed by atoms with E-state index in [9.17, 15) is 9.90 Å². The lowest BCUT2D eigenvalue weighted by atomic mass is 9.95. The number of nitrogens with one attached hydrogen (secondary N) is 1. The van der Waals surface area contributed by atoms with Crippen LogP contribution in [0.5, 0.6) is 5.75 Å². The van der Waals surface area contributed by atoms with Crippen molar-refractivity contribution in [3.05, 3.63) is 35.9 Å². The number of carbonyl (C=O) groups is 1. The summed E-state index contributed by atoms with van der Waals surface area (Å²) >= 11 is 6.04. The largest absolute Gasteiger partial charge is 0.507 e. The molecule has 0 aliphatic carbocycles. The maximum atomic E-state index is 11.9. The van der Waals surface area contributed by atoms with E-state index in [0.29, 0.717) is 18.1 Å². The van der Waals surface area contributed by atoms with Crippen LogP contribution in [0.4, 0.5) is 10.5 Å². The van der Waals surface area contributed by atoms with Crippen LogP contribution in [0.3, 0.4) is 0 Å². The molecule has 0 saturated heterocycles. The van der Waals surface area contributed by atoms with Gasteiger partial charge in [-0.1, -0.05) is 24.3 Å². The Bertz CT molecular complexity index is 693. The van der Waals surface area contributed by atoms with Crippen LogP contribution in [0.15, 0.2) is 30.3 Å². The number of hydrogen-bond acceptors (Lipinski definition) is 3. The highest BCUT2D eigenvalue weighted by Gasteiger charge is 2.34. The second-order valence-corrected chi connectivity index (χ2v) is 5.09. The van der Waals surface area contributed by atoms with E-state index >= 15 is 0 Å². The van der Waals surface area contributed by atoms with Crippen molar-refractivity contribution < 1.29 is 9.90 Å². The minimum Gasteiger partial charge on any atom is -0.507 e. The highest BCUT2D eigenvalue weighted by molar-refractivity contribution is 6.19. The van der Waals surface area contributed by atoms with Gasteiger partial charge in [0.05, 0.1) is 5.69 Å². The Balaban J connectivity index is 0.00000161. The number of fused-ring (bicyclic) bond motifs is 3. The summed E-state index contributed by atoms with van der Waals surface area (Å²) in [5.41, 5.74) is 3.77. The van der Waals surface area contributed by atoms with Gasteiger partial charge >= 0.3 is 6.03 Å². The van der Waals surface area contributed by atoms with Gasteiger partial charge in [0.15, 0.2) is 0 Å². The second-order valence-electron chi connectivity index (χ2n) is 4.79. The van der Waals surface area contributed by atoms with E-state index in [1.165, 1.54) is 4.90 Å². The first kappa shape index (κ1) is 15.7. The first-order chi connectivity index (χ1) is 9.67. The maximum Gasteiger partial charge on any atom is 0.336 e. The van der Waals surface area contributed by atoms with Crippen LogP contribution in [0, 0.1) is 0 Å². The monoisotopic (exact) mass is 327 g/mol. The molecule has 4 N–H and O–H groups in total. The summed E-state index contributed by atoms with van der Waals surface area (Å²) in [5, 5.41) is 11.8. The number of rotatable bonds is 1. The third kappa shape index (κ3) is 2.37. The summed E-state index contributed by atoms with van der Waals surface area (Å²) < 4.78 is 0. The lowest BCUT2D eigenvalue weighted by molar-refractivity contribution is 0.247. The highest BCUT2D eigenvalue weighted by Crippen LogP contribution is 2.44. The summed E-state index contributed by atoms with van der Waals surface area (Å²) in [4.78, 5) is 13.4. The van der Waals surface area contributed by atoms with Gasteiger partial charge in [0.2, 0.25) is 0 Å². The van der Waals surface area contributed by atoms with Gasteiger partial charge in [-0.2, -0.15) is 0 Å². The van der Waals surface area contributed by atoms with E-state index in [1.54, 1.807) is 6.07 Å². The van der Waals surface area contributed by atoms with Crippen LogP contribution in [0.1, 0.15) is 11.5 Å². The SMILES string of the molecule is Cl.NNC(=O)N1CC(CCl)c2c1cc(O)c1ccccc21. The number of anilines is 1. The van der Waals surface area contributed by atoms with E-state index < -0.39 is 6.03 Å². The molecule has 2 aromatic rings. The fourth-order valence-corrected chi connectivity index (χ4v) is 3.07. The van der Waals surface area contributed by atoms with Crippen LogP contribution in [0.25, 0.3) is 10.8 Å². The average Bonchev–Trinajstić information content (AvgIpc) is 2.85. The summed E-state index contributed by atoms with van der Waals surface area (Å²) in [6.45, 7) is 0.454. The number of carbonyl (C=O) groups excluding carboxylic acids is 1. The number of aromatic hydroxyl groups is 1. The number of hydrazine groups is 1. The fraction of sp³-hybridized carbons (Fsp3) is 0.214. The first-order valence-corrected chi connectivity index (χ1v) is 6.79. The van der Waals surface area contributed by atoms with Crippen molar-refractivity contribution in [2.24, 2.45) is 5.84 Å². The molecule has 0 radical (unpaired) electrons. The third-order valence-electron chi connectivity index (χ3n) is 3.70. The van der Waals surface area contributed by atoms with Crippen molar-refractivity contribution in [3.63, 3.8) is 0 Å². The van der Waals surface area contributed by atoms with E-state index in [0.717, 1.165) is 16.3 Å². The summed E-state index contributed by atoms with van der Waals surface area (Å²) in [6.07, 6.45) is 0. The fourth-order valence-electron chi connectivity index (χ4n) is 2.82. The molecule has 3 rings (SSSR count). The van der Waals surface area contributed by atoms with Crippen molar-refractivity contribution in [1.29, 1.82) is 0 Å². The van der Waals surface area contributed by atoms with Crippen LogP contribution < -0.4 is 16.2 Å². The topological polar surface area (TPSA) is 78.6 Å². The van der Waals surface area contributed by atoms with Gasteiger partial charge in [-0.3, -0.25) is 10.3 Å². The molecular formula is C14H15Cl2N3O2. The quantitative estimate of drug-likeness (QED) is 0.326. The number of alkyl halides is 1. The molecule has 7 heteroatoms. The van der Waals surface area contributed by atoms with Gasteiger partial charge < -0.3 is 5.11 Å². The van der Waals surface area contributed by atoms with E-state index in [1.807, 2.05) is 24.3 Å². The van der Waals surface area contributed by atoms with Crippen molar-refractivity contribution >= 4 is 46.5 Å². The number of phenolic OH excluding ortho intramolecular Hbond substituents is 1. The van der Waals surface area contributed by atoms with Crippen molar-refractivity contribution in [3.8, 4) is 5.75 Å². The Morgan fingerprint density at radius 3 is 2.71 bits per heavy atom. The molecular weight excluding hydrogens is 313 g/mol. The summed E-state index contributed by atoms with van der Waals surface area (Å²) in [5.74, 6) is 5.77. The standard InChI is InChI=1S/C14H14ClN3O2.ClH/c15-6-8-7-18(14(20)17-16)11-5-12(19)9-3-1-2-4-10(9)13(8)11;/h1-5,8,19H,6-7,16H2,(H,17,20);1H. The zero-order valence-electron chi connectivity index (χ0n) is 11.0. The van der Waals surface area contributed by atoms with Gasteiger partial charge in [0.25, 0.3) is 0 Å². The number of benzene rings is 2. The minimum absolute atomic E-state index is 0. The molecule has 1 heterocycles. The van der Waals surface area contributed by atoms with E-state index in [-0.39, 0.29) is 24.1 Å². The Morgan fingerprint density at radius 2 is 2.10 bits per heavy atom. The predicted molar refractivity (Wildman–Crippen MR) is 86.4 cm³/mol. The highest BCUT2D eigenvalue weighted by atomic mass is 35.5. The zero-order chi connectivity index (χ0) is 14.3. The Morgan fingerprint density at radius 1 is 1.43 bits per heavy atom. The number of nitrogens with two attached hydrogens (primary N) is 1. The van der Waals surface area contributed by atoms with E-state index in [2.05, 4.69) is 5.43 Å². The number of halogens is 2. The van der Waals surface area contributed by atoms with Crippen LogP contribution in [-0.2, 0) is 0 Å². The van der Waals surface area contributed by atoms with Gasteiger partial charge in [-0.25, -0.2) is 10.6 Å². The Labute approximate surface area is 133 Å². The molecule has 1 unspecified atom stereocenters. The molecule has 0 saturated carbocycles. The predicted octanol–water partition coefficient (Wildman–Crippen LogP) is 2.69. The molecule has 0 fully saturated rings. The number of amides is 2. The normalized spacial score (nSPS) is 16.5. The second kappa shape index (κ2) is 5.97. The molecule has 1 aliphatic rings. The molecule has 0 bridgehead atoms. The number of nitrogens with zero attached hydrogens (tertiary/aromatic N) is 1. The van der Waals surface area contributed by atoms with Gasteiger partial charge in [0.1, 0.15) is 5.75 Å². The average molecular weight is 328 g/mol. The molecule has 21 heavy (non-hydrogen) atoms. The van der Waals surface area contributed by atoms with Crippen LogP contribution in [0.2, 0.25) is 0 Å².